The average Bonchev–Trinajstić information content (AvgIpc) is 2.20. The van der Waals surface area contributed by atoms with Crippen molar-refractivity contribution >= 4 is 25.9 Å². The number of hydrogen-bond acceptors (Lipinski definition) is 2. The van der Waals surface area contributed by atoms with Gasteiger partial charge in [-0.1, -0.05) is 0 Å². The van der Waals surface area contributed by atoms with Gasteiger partial charge < -0.3 is 0 Å². The van der Waals surface area contributed by atoms with Gasteiger partial charge >= 0.3 is 93.2 Å². The summed E-state index contributed by atoms with van der Waals surface area (Å²) in [4.78, 5) is 0. The molecule has 2 N–H and O–H groups in total. The van der Waals surface area contributed by atoms with Crippen LogP contribution in [0, 0.1) is 0 Å². The van der Waals surface area contributed by atoms with E-state index in [1.54, 1.807) is 0 Å². The zero-order chi connectivity index (χ0) is 10.2. The maximum absolute atomic E-state index is 3.28. The van der Waals surface area contributed by atoms with Crippen LogP contribution in [0.25, 0.3) is 0 Å². The summed E-state index contributed by atoms with van der Waals surface area (Å²) in [6.07, 6.45) is 2.41. The van der Waals surface area contributed by atoms with E-state index in [1.165, 1.54) is 12.8 Å². The Morgan fingerprint density at radius 1 is 1.29 bits per heavy atom. The number of nitrogens with one attached hydrogen (secondary N) is 2. The van der Waals surface area contributed by atoms with E-state index in [2.05, 4.69) is 33.1 Å². The molecule has 0 amide bonds. The summed E-state index contributed by atoms with van der Waals surface area (Å²) < 4.78 is 0.990. The van der Waals surface area contributed by atoms with Gasteiger partial charge in [-0.3, -0.25) is 0 Å². The van der Waals surface area contributed by atoms with Crippen LogP contribution in [0.4, 0.5) is 5.69 Å². The molecule has 0 radical (unpaired) electrons. The first kappa shape index (κ1) is 11.3. The molecule has 0 spiro atoms. The molecular formula is C11H16N2Se. The standard InChI is InChI=1S/C11H16N2Se/c1-2-3-9-12-11(14)13-10-7-5-4-6-8-10/h4-8H,2-3,9H2,1H3,(H2,12,13,14). The molecule has 0 atom stereocenters. The molecule has 0 aliphatic carbocycles. The molecule has 1 aromatic carbocycles. The Balaban J connectivity index is 2.27. The average molecular weight is 255 g/mol. The molecule has 0 aliphatic rings. The van der Waals surface area contributed by atoms with Gasteiger partial charge in [0.05, 0.1) is 0 Å². The molecule has 0 aromatic heterocycles. The molecule has 1 rings (SSSR count). The SMILES string of the molecule is CCCCNC(=[Se])Nc1ccccc1. The molecule has 76 valence electrons. The van der Waals surface area contributed by atoms with Crippen LogP contribution < -0.4 is 10.6 Å². The fourth-order valence-corrected chi connectivity index (χ4v) is 1.54. The molecule has 0 bridgehead atoms. The Morgan fingerprint density at radius 3 is 2.64 bits per heavy atom. The normalized spacial score (nSPS) is 9.50. The van der Waals surface area contributed by atoms with Gasteiger partial charge in [-0.2, -0.15) is 0 Å². The molecule has 1 aromatic rings. The Morgan fingerprint density at radius 2 is 2.00 bits per heavy atom. The molecule has 0 aliphatic heterocycles. The quantitative estimate of drug-likeness (QED) is 0.597. The van der Waals surface area contributed by atoms with Crippen molar-refractivity contribution in [2.75, 3.05) is 11.9 Å². The van der Waals surface area contributed by atoms with Gasteiger partial charge in [0.15, 0.2) is 0 Å². The predicted molar refractivity (Wildman–Crippen MR) is 63.7 cm³/mol. The monoisotopic (exact) mass is 256 g/mol. The number of hydrogen-bond donors (Lipinski definition) is 2. The number of anilines is 1. The molecule has 0 saturated heterocycles. The number of para-hydroxylation sites is 1. The Kier molecular flexibility index (Phi) is 5.35. The number of rotatable bonds is 6. The van der Waals surface area contributed by atoms with Crippen molar-refractivity contribution in [2.24, 2.45) is 0 Å². The first-order valence-corrected chi connectivity index (χ1v) is 5.78. The van der Waals surface area contributed by atoms with Crippen LogP contribution in [0.15, 0.2) is 30.3 Å². The molecule has 0 saturated carbocycles. The molecule has 3 heteroatoms. The second-order valence-electron chi connectivity index (χ2n) is 3.10. The minimum absolute atomic E-state index is 0.990. The van der Waals surface area contributed by atoms with E-state index in [0.717, 1.165) is 16.9 Å². The van der Waals surface area contributed by atoms with Crippen molar-refractivity contribution in [1.29, 1.82) is 0 Å². The van der Waals surface area contributed by atoms with E-state index in [1.807, 2.05) is 30.3 Å². The van der Waals surface area contributed by atoms with Gasteiger partial charge in [0.1, 0.15) is 0 Å². The van der Waals surface area contributed by atoms with Crippen molar-refractivity contribution in [3.8, 4) is 0 Å². The zero-order valence-electron chi connectivity index (χ0n) is 8.42. The number of benzene rings is 1. The Hall–Kier alpha value is -0.791. The molecule has 0 unspecified atom stereocenters. The van der Waals surface area contributed by atoms with Crippen LogP contribution in [-0.4, -0.2) is 26.8 Å². The summed E-state index contributed by atoms with van der Waals surface area (Å²) in [6.45, 7) is 3.20. The van der Waals surface area contributed by atoms with Gasteiger partial charge in [0.2, 0.25) is 0 Å². The molecule has 0 fully saturated rings. The maximum atomic E-state index is 3.28. The van der Waals surface area contributed by atoms with Crippen molar-refractivity contribution < 1.29 is 0 Å². The van der Waals surface area contributed by atoms with E-state index in [9.17, 15) is 0 Å². The molecule has 0 heterocycles. The third kappa shape index (κ3) is 4.45. The summed E-state index contributed by atoms with van der Waals surface area (Å²) in [5, 5.41) is 6.53. The van der Waals surface area contributed by atoms with Gasteiger partial charge in [-0.25, -0.2) is 0 Å². The third-order valence-electron chi connectivity index (χ3n) is 1.85. The Labute approximate surface area is 93.5 Å². The van der Waals surface area contributed by atoms with E-state index in [0.29, 0.717) is 0 Å². The molecule has 2 nitrogen and oxygen atoms in total. The number of unbranched alkanes of at least 4 members (excludes halogenated alkanes) is 1. The van der Waals surface area contributed by atoms with Crippen LogP contribution in [0.5, 0.6) is 0 Å². The first-order valence-electron chi connectivity index (χ1n) is 4.93. The fourth-order valence-electron chi connectivity index (χ4n) is 1.08. The third-order valence-corrected chi connectivity index (χ3v) is 2.36. The summed E-state index contributed by atoms with van der Waals surface area (Å²) >= 11 is 2.98. The summed E-state index contributed by atoms with van der Waals surface area (Å²) in [7, 11) is 0. The summed E-state index contributed by atoms with van der Waals surface area (Å²) in [6, 6.07) is 10.1. The van der Waals surface area contributed by atoms with Crippen LogP contribution in [0.3, 0.4) is 0 Å². The van der Waals surface area contributed by atoms with Crippen LogP contribution >= 0.6 is 0 Å². The summed E-state index contributed by atoms with van der Waals surface area (Å²) in [5.41, 5.74) is 1.10. The van der Waals surface area contributed by atoms with Crippen LogP contribution in [-0.2, 0) is 0 Å². The van der Waals surface area contributed by atoms with E-state index < -0.39 is 0 Å². The van der Waals surface area contributed by atoms with Gasteiger partial charge in [0.25, 0.3) is 0 Å². The van der Waals surface area contributed by atoms with E-state index in [4.69, 9.17) is 0 Å². The fraction of sp³-hybridized carbons (Fsp3) is 0.364. The summed E-state index contributed by atoms with van der Waals surface area (Å²) in [5.74, 6) is 0. The minimum atomic E-state index is 0.990. The van der Waals surface area contributed by atoms with Crippen molar-refractivity contribution in [3.63, 3.8) is 0 Å². The van der Waals surface area contributed by atoms with E-state index >= 15 is 0 Å². The van der Waals surface area contributed by atoms with Crippen molar-refractivity contribution in [2.45, 2.75) is 19.8 Å². The van der Waals surface area contributed by atoms with Gasteiger partial charge in [-0.05, 0) is 0 Å². The topological polar surface area (TPSA) is 24.1 Å². The van der Waals surface area contributed by atoms with Crippen molar-refractivity contribution in [1.82, 2.24) is 5.32 Å². The molecule has 14 heavy (non-hydrogen) atoms. The van der Waals surface area contributed by atoms with Crippen molar-refractivity contribution in [3.05, 3.63) is 30.3 Å². The van der Waals surface area contributed by atoms with Crippen LogP contribution in [0.1, 0.15) is 19.8 Å². The molecular weight excluding hydrogens is 239 g/mol. The van der Waals surface area contributed by atoms with Crippen LogP contribution in [0.2, 0.25) is 0 Å². The first-order chi connectivity index (χ1) is 6.83. The predicted octanol–water partition coefficient (Wildman–Crippen LogP) is 1.74. The Bertz CT molecular complexity index is 272. The second-order valence-corrected chi connectivity index (χ2v) is 3.96. The zero-order valence-corrected chi connectivity index (χ0v) is 10.1. The van der Waals surface area contributed by atoms with Gasteiger partial charge in [-0.15, -0.1) is 0 Å². The second kappa shape index (κ2) is 6.63. The van der Waals surface area contributed by atoms with Gasteiger partial charge in [0, 0.05) is 0 Å². The van der Waals surface area contributed by atoms with E-state index in [-0.39, 0.29) is 0 Å².